The van der Waals surface area contributed by atoms with E-state index >= 15 is 0 Å². The molecule has 2 aromatic carbocycles. The number of hydrogen-bond donors (Lipinski definition) is 1. The molecule has 5 nitrogen and oxygen atoms in total. The number of fused-ring (bicyclic) bond motifs is 3. The maximum Gasteiger partial charge on any atom is 0.229 e. The summed E-state index contributed by atoms with van der Waals surface area (Å²) in [5.74, 6) is 0. The van der Waals surface area contributed by atoms with E-state index in [-0.39, 0.29) is 5.41 Å². The Bertz CT molecular complexity index is 1280. The summed E-state index contributed by atoms with van der Waals surface area (Å²) in [5.41, 5.74) is 6.42. The molecule has 2 heterocycles. The Morgan fingerprint density at radius 1 is 0.964 bits per heavy atom. The predicted octanol–water partition coefficient (Wildman–Crippen LogP) is 4.82. The molecule has 0 aliphatic heterocycles. The summed E-state index contributed by atoms with van der Waals surface area (Å²) in [5, 5.41) is 0. The van der Waals surface area contributed by atoms with Gasteiger partial charge in [-0.05, 0) is 41.3 Å². The monoisotopic (exact) mass is 393 g/mol. The molecule has 0 aliphatic carbocycles. The van der Waals surface area contributed by atoms with E-state index in [1.54, 1.807) is 12.1 Å². The van der Waals surface area contributed by atoms with Crippen LogP contribution in [0.3, 0.4) is 0 Å². The lowest BCUT2D eigenvalue weighted by Crippen LogP contribution is -2.10. The molecule has 0 spiro atoms. The lowest BCUT2D eigenvalue weighted by Gasteiger charge is -2.19. The minimum absolute atomic E-state index is 0.0892. The Labute approximate surface area is 165 Å². The van der Waals surface area contributed by atoms with Crippen molar-refractivity contribution in [1.29, 1.82) is 0 Å². The summed E-state index contributed by atoms with van der Waals surface area (Å²) in [7, 11) is -3.34. The predicted molar refractivity (Wildman–Crippen MR) is 115 cm³/mol. The Morgan fingerprint density at radius 3 is 2.32 bits per heavy atom. The Balaban J connectivity index is 1.90. The van der Waals surface area contributed by atoms with Gasteiger partial charge in [0, 0.05) is 11.8 Å². The van der Waals surface area contributed by atoms with Crippen LogP contribution in [0.1, 0.15) is 26.3 Å². The standard InChI is InChI=1S/C22H23N3O2S/c1-22(2,3)16-9-7-15(8-10-16)21-20-6-5-13-25(20)19-12-11-17(14-18(19)23-21)24-28(4,26)27/h5-14,24H,1-4H3. The van der Waals surface area contributed by atoms with E-state index in [0.717, 1.165) is 34.1 Å². The van der Waals surface area contributed by atoms with E-state index in [1.807, 2.05) is 24.4 Å². The molecule has 0 unspecified atom stereocenters. The van der Waals surface area contributed by atoms with Crippen LogP contribution in [0.5, 0.6) is 0 Å². The highest BCUT2D eigenvalue weighted by Crippen LogP contribution is 2.30. The average Bonchev–Trinajstić information content (AvgIpc) is 3.08. The van der Waals surface area contributed by atoms with Gasteiger partial charge in [-0.1, -0.05) is 45.0 Å². The second kappa shape index (κ2) is 6.34. The lowest BCUT2D eigenvalue weighted by atomic mass is 9.86. The number of anilines is 1. The van der Waals surface area contributed by atoms with Crippen molar-refractivity contribution >= 4 is 32.3 Å². The number of nitrogens with zero attached hydrogens (tertiary/aromatic N) is 2. The molecular formula is C22H23N3O2S. The third kappa shape index (κ3) is 3.47. The first kappa shape index (κ1) is 18.5. The summed E-state index contributed by atoms with van der Waals surface area (Å²) in [6, 6.07) is 17.9. The van der Waals surface area contributed by atoms with Gasteiger partial charge < -0.3 is 4.40 Å². The average molecular weight is 394 g/mol. The minimum Gasteiger partial charge on any atom is -0.313 e. The molecule has 144 valence electrons. The first-order valence-corrected chi connectivity index (χ1v) is 11.0. The van der Waals surface area contributed by atoms with Crippen LogP contribution < -0.4 is 4.72 Å². The summed E-state index contributed by atoms with van der Waals surface area (Å²) in [6.07, 6.45) is 3.14. The summed E-state index contributed by atoms with van der Waals surface area (Å²) < 4.78 is 27.7. The Morgan fingerprint density at radius 2 is 1.68 bits per heavy atom. The fourth-order valence-electron chi connectivity index (χ4n) is 3.40. The van der Waals surface area contributed by atoms with Gasteiger partial charge in [0.05, 0.1) is 34.2 Å². The van der Waals surface area contributed by atoms with Gasteiger partial charge in [-0.2, -0.15) is 0 Å². The number of sulfonamides is 1. The normalized spacial score (nSPS) is 12.6. The topological polar surface area (TPSA) is 63.5 Å². The van der Waals surface area contributed by atoms with E-state index in [4.69, 9.17) is 4.98 Å². The van der Waals surface area contributed by atoms with Crippen LogP contribution >= 0.6 is 0 Å². The van der Waals surface area contributed by atoms with Crippen LogP contribution in [0.25, 0.3) is 27.8 Å². The molecule has 0 fully saturated rings. The highest BCUT2D eigenvalue weighted by Gasteiger charge is 2.15. The lowest BCUT2D eigenvalue weighted by molar-refractivity contribution is 0.590. The van der Waals surface area contributed by atoms with Crippen molar-refractivity contribution in [1.82, 2.24) is 9.38 Å². The van der Waals surface area contributed by atoms with Crippen molar-refractivity contribution in [2.24, 2.45) is 0 Å². The Kier molecular flexibility index (Phi) is 4.19. The van der Waals surface area contributed by atoms with Crippen molar-refractivity contribution in [2.75, 3.05) is 11.0 Å². The molecule has 0 bridgehead atoms. The zero-order valence-electron chi connectivity index (χ0n) is 16.4. The first-order valence-electron chi connectivity index (χ1n) is 9.11. The van der Waals surface area contributed by atoms with E-state index in [2.05, 4.69) is 54.2 Å². The molecule has 28 heavy (non-hydrogen) atoms. The molecule has 6 heteroatoms. The van der Waals surface area contributed by atoms with Gasteiger partial charge in [0.1, 0.15) is 0 Å². The van der Waals surface area contributed by atoms with Gasteiger partial charge in [0.2, 0.25) is 10.0 Å². The van der Waals surface area contributed by atoms with Crippen LogP contribution in [0.2, 0.25) is 0 Å². The van der Waals surface area contributed by atoms with Crippen LogP contribution in [-0.4, -0.2) is 24.1 Å². The fourth-order valence-corrected chi connectivity index (χ4v) is 3.95. The van der Waals surface area contributed by atoms with Crippen molar-refractivity contribution in [3.05, 3.63) is 66.4 Å². The first-order chi connectivity index (χ1) is 13.1. The smallest absolute Gasteiger partial charge is 0.229 e. The summed E-state index contributed by atoms with van der Waals surface area (Å²) in [6.45, 7) is 6.58. The number of rotatable bonds is 3. The third-order valence-electron chi connectivity index (χ3n) is 4.79. The number of aromatic nitrogens is 2. The molecule has 4 rings (SSSR count). The number of benzene rings is 2. The molecule has 0 amide bonds. The molecule has 0 aliphatic rings. The van der Waals surface area contributed by atoms with Crippen LogP contribution in [0.15, 0.2) is 60.8 Å². The number of hydrogen-bond acceptors (Lipinski definition) is 3. The summed E-state index contributed by atoms with van der Waals surface area (Å²) in [4.78, 5) is 4.87. The molecule has 0 saturated heterocycles. The van der Waals surface area contributed by atoms with Gasteiger partial charge in [-0.3, -0.25) is 4.72 Å². The third-order valence-corrected chi connectivity index (χ3v) is 5.39. The zero-order valence-corrected chi connectivity index (χ0v) is 17.2. The second-order valence-electron chi connectivity index (χ2n) is 8.13. The van der Waals surface area contributed by atoms with Crippen LogP contribution in [-0.2, 0) is 15.4 Å². The van der Waals surface area contributed by atoms with Gasteiger partial charge in [0.15, 0.2) is 0 Å². The summed E-state index contributed by atoms with van der Waals surface area (Å²) >= 11 is 0. The van der Waals surface area contributed by atoms with Gasteiger partial charge in [0.25, 0.3) is 0 Å². The maximum atomic E-state index is 11.6. The molecule has 1 N–H and O–H groups in total. The quantitative estimate of drug-likeness (QED) is 0.542. The van der Waals surface area contributed by atoms with Crippen LogP contribution in [0.4, 0.5) is 5.69 Å². The van der Waals surface area contributed by atoms with E-state index in [1.165, 1.54) is 5.56 Å². The van der Waals surface area contributed by atoms with Crippen molar-refractivity contribution in [2.45, 2.75) is 26.2 Å². The maximum absolute atomic E-state index is 11.6. The zero-order chi connectivity index (χ0) is 20.1. The van der Waals surface area contributed by atoms with Crippen molar-refractivity contribution in [3.63, 3.8) is 0 Å². The molecule has 0 saturated carbocycles. The van der Waals surface area contributed by atoms with Gasteiger partial charge in [-0.15, -0.1) is 0 Å². The fraction of sp³-hybridized carbons (Fsp3) is 0.227. The molecular weight excluding hydrogens is 370 g/mol. The van der Waals surface area contributed by atoms with Gasteiger partial charge in [-0.25, -0.2) is 13.4 Å². The highest BCUT2D eigenvalue weighted by atomic mass is 32.2. The molecule has 2 aromatic heterocycles. The number of nitrogens with one attached hydrogen (secondary N) is 1. The minimum atomic E-state index is -3.34. The van der Waals surface area contributed by atoms with E-state index < -0.39 is 10.0 Å². The largest absolute Gasteiger partial charge is 0.313 e. The second-order valence-corrected chi connectivity index (χ2v) is 9.88. The molecule has 4 aromatic rings. The molecule has 0 radical (unpaired) electrons. The Hall–Kier alpha value is -2.86. The van der Waals surface area contributed by atoms with Crippen molar-refractivity contribution < 1.29 is 8.42 Å². The van der Waals surface area contributed by atoms with E-state index in [0.29, 0.717) is 5.69 Å². The molecule has 0 atom stereocenters. The van der Waals surface area contributed by atoms with Crippen LogP contribution in [0, 0.1) is 0 Å². The SMILES string of the molecule is CC(C)(C)c1ccc(-c2nc3cc(NS(C)(=O)=O)ccc3n3cccc23)cc1. The van der Waals surface area contributed by atoms with Crippen molar-refractivity contribution in [3.8, 4) is 11.3 Å². The van der Waals surface area contributed by atoms with E-state index in [9.17, 15) is 8.42 Å². The highest BCUT2D eigenvalue weighted by molar-refractivity contribution is 7.92. The van der Waals surface area contributed by atoms with Gasteiger partial charge >= 0.3 is 0 Å².